The van der Waals surface area contributed by atoms with Crippen LogP contribution in [0.25, 0.3) is 0 Å². The first-order valence-electron chi connectivity index (χ1n) is 7.80. The van der Waals surface area contributed by atoms with Gasteiger partial charge in [-0.15, -0.1) is 0 Å². The molecule has 0 amide bonds. The smallest absolute Gasteiger partial charge is 0.228 e. The average molecular weight is 283 g/mol. The van der Waals surface area contributed by atoms with Crippen molar-refractivity contribution in [3.05, 3.63) is 0 Å². The van der Waals surface area contributed by atoms with E-state index in [0.717, 1.165) is 26.2 Å². The van der Waals surface area contributed by atoms with Crippen LogP contribution in [-0.2, 0) is 14.3 Å². The summed E-state index contributed by atoms with van der Waals surface area (Å²) in [6, 6.07) is 0. The summed E-state index contributed by atoms with van der Waals surface area (Å²) in [5, 5.41) is 7.35. The lowest BCUT2D eigenvalue weighted by molar-refractivity contribution is -0.0212. The number of morpholine rings is 1. The minimum absolute atomic E-state index is 0.108. The molecule has 3 heterocycles. The number of nitrogens with one attached hydrogen (secondary N) is 1. The number of oxime groups is 1. The number of likely N-dealkylation sites (tertiary alicyclic amines) is 1. The number of nitrogens with zero attached hydrogens (tertiary/aromatic N) is 2. The van der Waals surface area contributed by atoms with Crippen LogP contribution < -0.4 is 5.32 Å². The molecule has 0 aromatic rings. The predicted octanol–water partition coefficient (Wildman–Crippen LogP) is 0.580. The normalized spacial score (nSPS) is 32.1. The summed E-state index contributed by atoms with van der Waals surface area (Å²) in [5.41, 5.74) is 0. The summed E-state index contributed by atoms with van der Waals surface area (Å²) in [4.78, 5) is 7.81. The molecule has 2 unspecified atom stereocenters. The maximum atomic E-state index is 5.97. The van der Waals surface area contributed by atoms with Crippen LogP contribution in [0.15, 0.2) is 5.16 Å². The largest absolute Gasteiger partial charge is 0.470 e. The highest BCUT2D eigenvalue weighted by atomic mass is 16.7. The number of piperidine rings is 1. The van der Waals surface area contributed by atoms with Gasteiger partial charge >= 0.3 is 0 Å². The van der Waals surface area contributed by atoms with E-state index in [4.69, 9.17) is 14.3 Å². The van der Waals surface area contributed by atoms with Crippen molar-refractivity contribution in [1.29, 1.82) is 0 Å². The molecule has 20 heavy (non-hydrogen) atoms. The van der Waals surface area contributed by atoms with Crippen LogP contribution in [0.5, 0.6) is 0 Å². The van der Waals surface area contributed by atoms with Gasteiger partial charge in [0.25, 0.3) is 0 Å². The molecular weight excluding hydrogens is 258 g/mol. The molecule has 2 atom stereocenters. The first-order valence-corrected chi connectivity index (χ1v) is 7.80. The summed E-state index contributed by atoms with van der Waals surface area (Å²) >= 11 is 0. The van der Waals surface area contributed by atoms with Crippen molar-refractivity contribution in [2.75, 3.05) is 45.9 Å². The van der Waals surface area contributed by atoms with E-state index in [2.05, 4.69) is 15.4 Å². The fourth-order valence-electron chi connectivity index (χ4n) is 2.99. The molecule has 6 heteroatoms. The standard InChI is InChI=1S/C14H25N3O3/c1-2-5-17(6-3-1)10-13-11-19-16-14(20-13)8-12-9-15-4-7-18-12/h12-13,15H,1-11H2. The van der Waals surface area contributed by atoms with Crippen molar-refractivity contribution in [1.82, 2.24) is 10.2 Å². The van der Waals surface area contributed by atoms with Gasteiger partial charge in [-0.2, -0.15) is 0 Å². The van der Waals surface area contributed by atoms with Gasteiger partial charge in [0.1, 0.15) is 6.10 Å². The van der Waals surface area contributed by atoms with Crippen molar-refractivity contribution in [2.45, 2.75) is 37.9 Å². The van der Waals surface area contributed by atoms with Crippen molar-refractivity contribution < 1.29 is 14.3 Å². The molecule has 0 saturated carbocycles. The highest BCUT2D eigenvalue weighted by Crippen LogP contribution is 2.14. The Morgan fingerprint density at radius 1 is 1.20 bits per heavy atom. The second kappa shape index (κ2) is 7.24. The number of ether oxygens (including phenoxy) is 2. The fraction of sp³-hybridized carbons (Fsp3) is 0.929. The zero-order valence-electron chi connectivity index (χ0n) is 12.1. The first-order chi connectivity index (χ1) is 9.90. The van der Waals surface area contributed by atoms with Crippen molar-refractivity contribution >= 4 is 5.90 Å². The van der Waals surface area contributed by atoms with E-state index in [1.165, 1.54) is 32.4 Å². The molecule has 2 fully saturated rings. The van der Waals surface area contributed by atoms with E-state index in [1.807, 2.05) is 0 Å². The SMILES string of the molecule is C1CCN(CC2CON=C(CC3CNCCO3)O2)CC1. The van der Waals surface area contributed by atoms with Crippen LogP contribution >= 0.6 is 0 Å². The molecular formula is C14H25N3O3. The Balaban J connectivity index is 1.44. The van der Waals surface area contributed by atoms with Crippen LogP contribution in [0.3, 0.4) is 0 Å². The van der Waals surface area contributed by atoms with E-state index in [-0.39, 0.29) is 12.2 Å². The highest BCUT2D eigenvalue weighted by Gasteiger charge is 2.25. The van der Waals surface area contributed by atoms with Crippen LogP contribution in [0, 0.1) is 0 Å². The van der Waals surface area contributed by atoms with Gasteiger partial charge in [0.15, 0.2) is 6.61 Å². The third kappa shape index (κ3) is 4.07. The Hall–Kier alpha value is -0.850. The summed E-state index contributed by atoms with van der Waals surface area (Å²) in [5.74, 6) is 0.687. The van der Waals surface area contributed by atoms with Gasteiger partial charge in [-0.3, -0.25) is 4.90 Å². The molecule has 0 aliphatic carbocycles. The van der Waals surface area contributed by atoms with Gasteiger partial charge < -0.3 is 19.6 Å². The van der Waals surface area contributed by atoms with Crippen LogP contribution in [-0.4, -0.2) is 68.9 Å². The van der Waals surface area contributed by atoms with Crippen LogP contribution in [0.2, 0.25) is 0 Å². The van der Waals surface area contributed by atoms with Gasteiger partial charge in [-0.25, -0.2) is 0 Å². The molecule has 3 aliphatic rings. The quantitative estimate of drug-likeness (QED) is 0.818. The number of hydrogen-bond acceptors (Lipinski definition) is 6. The average Bonchev–Trinajstić information content (AvgIpc) is 2.50. The molecule has 3 aliphatic heterocycles. The lowest BCUT2D eigenvalue weighted by Crippen LogP contribution is -2.44. The van der Waals surface area contributed by atoms with E-state index in [9.17, 15) is 0 Å². The monoisotopic (exact) mass is 283 g/mol. The highest BCUT2D eigenvalue weighted by molar-refractivity contribution is 5.76. The molecule has 6 nitrogen and oxygen atoms in total. The second-order valence-corrected chi connectivity index (χ2v) is 5.78. The summed E-state index contributed by atoms with van der Waals surface area (Å²) < 4.78 is 11.6. The van der Waals surface area contributed by atoms with E-state index in [0.29, 0.717) is 18.9 Å². The molecule has 0 bridgehead atoms. The summed E-state index contributed by atoms with van der Waals surface area (Å²) in [6.45, 7) is 6.42. The molecule has 0 radical (unpaired) electrons. The van der Waals surface area contributed by atoms with Crippen molar-refractivity contribution in [3.8, 4) is 0 Å². The molecule has 114 valence electrons. The maximum Gasteiger partial charge on any atom is 0.228 e. The number of rotatable bonds is 4. The molecule has 0 spiro atoms. The van der Waals surface area contributed by atoms with Gasteiger partial charge in [0, 0.05) is 19.6 Å². The Kier molecular flexibility index (Phi) is 5.11. The van der Waals surface area contributed by atoms with Crippen LogP contribution in [0.4, 0.5) is 0 Å². The van der Waals surface area contributed by atoms with E-state index < -0.39 is 0 Å². The van der Waals surface area contributed by atoms with Crippen molar-refractivity contribution in [2.24, 2.45) is 5.16 Å². The predicted molar refractivity (Wildman–Crippen MR) is 75.8 cm³/mol. The van der Waals surface area contributed by atoms with Gasteiger partial charge in [0.05, 0.1) is 19.1 Å². The minimum atomic E-state index is 0.108. The molecule has 0 aromatic carbocycles. The Bertz CT molecular complexity index is 326. The minimum Gasteiger partial charge on any atom is -0.470 e. The van der Waals surface area contributed by atoms with Gasteiger partial charge in [0.2, 0.25) is 5.90 Å². The lowest BCUT2D eigenvalue weighted by atomic mass is 10.1. The third-order valence-electron chi connectivity index (χ3n) is 4.05. The topological polar surface area (TPSA) is 55.3 Å². The lowest BCUT2D eigenvalue weighted by Gasteiger charge is -2.32. The van der Waals surface area contributed by atoms with E-state index >= 15 is 0 Å². The molecule has 0 aromatic heterocycles. The molecule has 3 rings (SSSR count). The summed E-state index contributed by atoms with van der Waals surface area (Å²) in [6.07, 6.45) is 4.92. The third-order valence-corrected chi connectivity index (χ3v) is 4.05. The Morgan fingerprint density at radius 3 is 2.90 bits per heavy atom. The van der Waals surface area contributed by atoms with E-state index in [1.54, 1.807) is 0 Å². The van der Waals surface area contributed by atoms with Crippen LogP contribution in [0.1, 0.15) is 25.7 Å². The zero-order chi connectivity index (χ0) is 13.6. The Labute approximate surface area is 120 Å². The van der Waals surface area contributed by atoms with Crippen molar-refractivity contribution in [3.63, 3.8) is 0 Å². The van der Waals surface area contributed by atoms with Gasteiger partial charge in [-0.1, -0.05) is 11.6 Å². The zero-order valence-corrected chi connectivity index (χ0v) is 12.1. The molecule has 1 N–H and O–H groups in total. The fourth-order valence-corrected chi connectivity index (χ4v) is 2.99. The second-order valence-electron chi connectivity index (χ2n) is 5.78. The summed E-state index contributed by atoms with van der Waals surface area (Å²) in [7, 11) is 0. The first kappa shape index (κ1) is 14.1. The maximum absolute atomic E-state index is 5.97. The Morgan fingerprint density at radius 2 is 2.10 bits per heavy atom. The van der Waals surface area contributed by atoms with Gasteiger partial charge in [-0.05, 0) is 25.9 Å². The number of hydrogen-bond donors (Lipinski definition) is 1. The molecule has 2 saturated heterocycles.